The zero-order valence-corrected chi connectivity index (χ0v) is 35.4. The van der Waals surface area contributed by atoms with E-state index in [2.05, 4.69) is 146 Å². The van der Waals surface area contributed by atoms with Gasteiger partial charge >= 0.3 is 0 Å². The van der Waals surface area contributed by atoms with Crippen LogP contribution in [0.15, 0.2) is 91.0 Å². The van der Waals surface area contributed by atoms with Crippen molar-refractivity contribution in [3.8, 4) is 54.9 Å². The van der Waals surface area contributed by atoms with Crippen LogP contribution in [0.3, 0.4) is 0 Å². The summed E-state index contributed by atoms with van der Waals surface area (Å²) in [6.07, 6.45) is 0. The smallest absolute Gasteiger partial charge is 0.127 e. The molecule has 0 saturated heterocycles. The van der Waals surface area contributed by atoms with E-state index < -0.39 is 0 Å². The van der Waals surface area contributed by atoms with Gasteiger partial charge in [-0.2, -0.15) is 0 Å². The molecule has 0 spiro atoms. The number of hydrogen-bond acceptors (Lipinski definition) is 5. The van der Waals surface area contributed by atoms with Crippen molar-refractivity contribution in [3.63, 3.8) is 0 Å². The maximum atomic E-state index is 11.8. The van der Waals surface area contributed by atoms with Gasteiger partial charge in [0.1, 0.15) is 11.5 Å². The van der Waals surface area contributed by atoms with Crippen molar-refractivity contribution in [3.05, 3.63) is 128 Å². The van der Waals surface area contributed by atoms with Crippen LogP contribution in [0.2, 0.25) is 0 Å². The van der Waals surface area contributed by atoms with Gasteiger partial charge in [-0.15, -0.1) is 22.7 Å². The van der Waals surface area contributed by atoms with Crippen molar-refractivity contribution in [1.29, 1.82) is 0 Å². The number of fused-ring (bicyclic) bond motifs is 2. The molecule has 2 N–H and O–H groups in total. The first kappa shape index (κ1) is 40.2. The van der Waals surface area contributed by atoms with Crippen LogP contribution in [-0.4, -0.2) is 15.2 Å². The molecule has 0 aliphatic heterocycles. The fraction of sp³-hybridized carbons (Fsp3) is 0.222. The number of nitrogens with zero attached hydrogens (tertiary/aromatic N) is 1. The minimum atomic E-state index is -0.218. The molecule has 3 nitrogen and oxygen atoms in total. The van der Waals surface area contributed by atoms with Gasteiger partial charge in [0.25, 0.3) is 0 Å². The Hall–Kier alpha value is -3.57. The van der Waals surface area contributed by atoms with Crippen molar-refractivity contribution in [2.24, 2.45) is 0 Å². The van der Waals surface area contributed by atoms with E-state index in [1.165, 1.54) is 0 Å². The molecule has 6 heteroatoms. The van der Waals surface area contributed by atoms with Gasteiger partial charge in [0.05, 0.1) is 11.4 Å². The molecular formula is C45H47NO2S2Zr-2. The number of phenolic OH excluding ortho intramolecular Hbond substituents is 2. The molecule has 0 amide bonds. The van der Waals surface area contributed by atoms with Crippen LogP contribution >= 0.6 is 22.7 Å². The molecule has 0 fully saturated rings. The molecule has 0 bridgehead atoms. The van der Waals surface area contributed by atoms with Gasteiger partial charge in [-0.25, -0.2) is 4.98 Å². The quantitative estimate of drug-likeness (QED) is 0.175. The van der Waals surface area contributed by atoms with Crippen molar-refractivity contribution in [1.82, 2.24) is 4.98 Å². The largest absolute Gasteiger partial charge is 0.507 e. The monoisotopic (exact) mass is 787 g/mol. The number of hydrogen-bond donors (Lipinski definition) is 2. The van der Waals surface area contributed by atoms with Gasteiger partial charge in [0.15, 0.2) is 0 Å². The van der Waals surface area contributed by atoms with Gasteiger partial charge in [0.2, 0.25) is 0 Å². The predicted molar refractivity (Wildman–Crippen MR) is 220 cm³/mol. The van der Waals surface area contributed by atoms with Crippen molar-refractivity contribution in [2.75, 3.05) is 0 Å². The first-order valence-corrected chi connectivity index (χ1v) is 18.1. The van der Waals surface area contributed by atoms with E-state index in [9.17, 15) is 10.2 Å². The van der Waals surface area contributed by atoms with Gasteiger partial charge < -0.3 is 25.1 Å². The molecule has 7 rings (SSSR count). The molecule has 0 saturated carbocycles. The standard InChI is InChI=1S/C43H41NO2S2.2CH3.Zr/c1-24-20-28(38(45)30(22-24)42(3,4)5)40-36(26-14-9-11-18-34(26)47-40)32-16-13-17-33(44-32)37-27-15-10-12-19-35(27)48-41(37)29-21-25(2)23-31(39(29)46)43(6,7)8;;;/h9-23,45-46H,1-8H3;2*1H3;/q;2*-1;. The molecule has 0 aliphatic rings. The zero-order valence-electron chi connectivity index (χ0n) is 31.3. The van der Waals surface area contributed by atoms with Crippen LogP contribution in [0.1, 0.15) is 63.8 Å². The van der Waals surface area contributed by atoms with Crippen molar-refractivity contribution >= 4 is 42.8 Å². The molecule has 3 heterocycles. The van der Waals surface area contributed by atoms with E-state index in [0.717, 1.165) is 85.8 Å². The minimum absolute atomic E-state index is 0. The minimum Gasteiger partial charge on any atom is -0.507 e. The Bertz CT molecular complexity index is 2210. The average Bonchev–Trinajstić information content (AvgIpc) is 3.61. The SMILES string of the molecule is Cc1cc(-c2sc3ccccc3c2-c2cccc(-c3c(-c4cc(C)cc(C(C)(C)C)c4O)sc4ccccc34)n2)c(O)c(C(C)(C)C)c1.[CH3-].[CH3-].[Zr]. The summed E-state index contributed by atoms with van der Waals surface area (Å²) >= 11 is 3.39. The topological polar surface area (TPSA) is 53.4 Å². The first-order chi connectivity index (χ1) is 22.7. The second-order valence-electron chi connectivity index (χ2n) is 14.9. The van der Waals surface area contributed by atoms with Crippen LogP contribution in [0.4, 0.5) is 0 Å². The van der Waals surface area contributed by atoms with Gasteiger partial charge in [-0.05, 0) is 72.2 Å². The van der Waals surface area contributed by atoms with Crippen molar-refractivity contribution < 1.29 is 36.4 Å². The first-order valence-electron chi connectivity index (χ1n) is 16.4. The molecule has 0 aliphatic carbocycles. The Morgan fingerprint density at radius 1 is 0.529 bits per heavy atom. The predicted octanol–water partition coefficient (Wildman–Crippen LogP) is 13.7. The summed E-state index contributed by atoms with van der Waals surface area (Å²) in [5.41, 5.74) is 9.07. The molecule has 3 aromatic heterocycles. The van der Waals surface area contributed by atoms with E-state index in [4.69, 9.17) is 4.98 Å². The Morgan fingerprint density at radius 3 is 1.27 bits per heavy atom. The van der Waals surface area contributed by atoms with E-state index >= 15 is 0 Å². The van der Waals surface area contributed by atoms with Crippen LogP contribution in [0, 0.1) is 28.7 Å². The number of aryl methyl sites for hydroxylation is 2. The molecule has 51 heavy (non-hydrogen) atoms. The van der Waals surface area contributed by atoms with Gasteiger partial charge in [0, 0.05) is 89.5 Å². The Labute approximate surface area is 331 Å². The second kappa shape index (κ2) is 14.8. The van der Waals surface area contributed by atoms with E-state index in [1.807, 2.05) is 0 Å². The summed E-state index contributed by atoms with van der Waals surface area (Å²) in [5, 5.41) is 25.8. The molecule has 262 valence electrons. The molecule has 4 aromatic carbocycles. The van der Waals surface area contributed by atoms with E-state index in [1.54, 1.807) is 22.7 Å². The summed E-state index contributed by atoms with van der Waals surface area (Å²) in [7, 11) is 0. The fourth-order valence-electron chi connectivity index (χ4n) is 6.74. The second-order valence-corrected chi connectivity index (χ2v) is 17.0. The third-order valence-corrected chi connectivity index (χ3v) is 11.5. The molecule has 0 radical (unpaired) electrons. The molecule has 0 unspecified atom stereocenters. The summed E-state index contributed by atoms with van der Waals surface area (Å²) in [5.74, 6) is 0.653. The number of aromatic hydroxyl groups is 2. The van der Waals surface area contributed by atoms with E-state index in [-0.39, 0.29) is 51.9 Å². The number of pyridine rings is 1. The normalized spacial score (nSPS) is 11.6. The molecule has 0 atom stereocenters. The zero-order chi connectivity index (χ0) is 34.1. The number of benzene rings is 4. The number of phenols is 2. The number of aromatic nitrogens is 1. The van der Waals surface area contributed by atoms with Crippen LogP contribution in [0.25, 0.3) is 63.6 Å². The molecule has 7 aromatic rings. The summed E-state index contributed by atoms with van der Waals surface area (Å²) in [6, 6.07) is 31.5. The Balaban J connectivity index is 0.00000194. The van der Waals surface area contributed by atoms with Gasteiger partial charge in [-0.1, -0.05) is 96.1 Å². The fourth-order valence-corrected chi connectivity index (χ4v) is 9.20. The Morgan fingerprint density at radius 2 is 0.902 bits per heavy atom. The van der Waals surface area contributed by atoms with Crippen LogP contribution in [-0.2, 0) is 37.0 Å². The molecular weight excluding hydrogens is 742 g/mol. The average molecular weight is 789 g/mol. The number of thiophene rings is 2. The van der Waals surface area contributed by atoms with Crippen molar-refractivity contribution in [2.45, 2.75) is 66.2 Å². The van der Waals surface area contributed by atoms with Gasteiger partial charge in [-0.3, -0.25) is 0 Å². The summed E-state index contributed by atoms with van der Waals surface area (Å²) < 4.78 is 2.29. The third kappa shape index (κ3) is 7.25. The van der Waals surface area contributed by atoms with E-state index in [0.29, 0.717) is 11.5 Å². The summed E-state index contributed by atoms with van der Waals surface area (Å²) in [4.78, 5) is 7.44. The Kier molecular flexibility index (Phi) is 11.7. The van der Waals surface area contributed by atoms with Crippen LogP contribution < -0.4 is 0 Å². The maximum Gasteiger partial charge on any atom is 0.127 e. The maximum absolute atomic E-state index is 11.8. The van der Waals surface area contributed by atoms with Crippen LogP contribution in [0.5, 0.6) is 11.5 Å². The summed E-state index contributed by atoms with van der Waals surface area (Å²) in [6.45, 7) is 17.0. The third-order valence-electron chi connectivity index (χ3n) is 9.07. The number of rotatable bonds is 4.